The van der Waals surface area contributed by atoms with Gasteiger partial charge in [0.1, 0.15) is 5.75 Å². The highest BCUT2D eigenvalue weighted by Crippen LogP contribution is 2.25. The molecule has 1 aromatic rings. The van der Waals surface area contributed by atoms with Crippen LogP contribution in [0.3, 0.4) is 0 Å². The Morgan fingerprint density at radius 1 is 1.53 bits per heavy atom. The monoisotopic (exact) mass is 254 g/mol. The molecule has 0 aliphatic carbocycles. The van der Waals surface area contributed by atoms with Crippen molar-refractivity contribution in [1.29, 1.82) is 5.41 Å². The number of hydrogen-bond donors (Lipinski definition) is 2. The zero-order valence-electron chi connectivity index (χ0n) is 9.99. The number of methoxy groups -OCH3 is 1. The average molecular weight is 255 g/mol. The summed E-state index contributed by atoms with van der Waals surface area (Å²) in [6.45, 7) is 1.83. The van der Waals surface area contributed by atoms with Gasteiger partial charge in [0.05, 0.1) is 23.8 Å². The van der Waals surface area contributed by atoms with Crippen molar-refractivity contribution in [2.75, 3.05) is 14.2 Å². The smallest absolute Gasteiger partial charge is 0.191 e. The first-order chi connectivity index (χ1) is 8.01. The van der Waals surface area contributed by atoms with Crippen LogP contribution in [0.2, 0.25) is 5.02 Å². The van der Waals surface area contributed by atoms with Crippen LogP contribution in [0.15, 0.2) is 23.2 Å². The minimum absolute atomic E-state index is 0.00648. The average Bonchev–Trinajstić information content (AvgIpc) is 2.33. The normalized spacial score (nSPS) is 13.3. The summed E-state index contributed by atoms with van der Waals surface area (Å²) in [5.41, 5.74) is 0.979. The molecule has 1 unspecified atom stereocenters. The molecule has 0 aliphatic heterocycles. The fraction of sp³-hybridized carbons (Fsp3) is 0.333. The number of nitrogens with zero attached hydrogens (tertiary/aromatic N) is 1. The Morgan fingerprint density at radius 3 is 2.65 bits per heavy atom. The van der Waals surface area contributed by atoms with E-state index < -0.39 is 0 Å². The Balaban J connectivity index is 3.00. The van der Waals surface area contributed by atoms with Crippen LogP contribution in [0.5, 0.6) is 5.75 Å². The van der Waals surface area contributed by atoms with E-state index in [1.807, 2.05) is 6.92 Å². The molecule has 17 heavy (non-hydrogen) atoms. The largest absolute Gasteiger partial charge is 0.506 e. The molecule has 2 N–H and O–H groups in total. The lowest BCUT2D eigenvalue weighted by atomic mass is 9.98. The quantitative estimate of drug-likeness (QED) is 0.643. The Bertz CT molecular complexity index is 458. The number of rotatable bonds is 3. The van der Waals surface area contributed by atoms with Crippen LogP contribution in [0.25, 0.3) is 0 Å². The molecule has 0 saturated heterocycles. The molecule has 0 saturated carbocycles. The number of benzene rings is 1. The first-order valence-corrected chi connectivity index (χ1v) is 5.47. The van der Waals surface area contributed by atoms with Crippen LogP contribution in [-0.2, 0) is 4.74 Å². The molecule has 0 aromatic heterocycles. The highest BCUT2D eigenvalue weighted by Gasteiger charge is 2.18. The number of halogens is 1. The van der Waals surface area contributed by atoms with Gasteiger partial charge in [0.2, 0.25) is 0 Å². The van der Waals surface area contributed by atoms with E-state index in [2.05, 4.69) is 4.99 Å². The van der Waals surface area contributed by atoms with Gasteiger partial charge in [-0.2, -0.15) is 0 Å². The van der Waals surface area contributed by atoms with Gasteiger partial charge in [0.25, 0.3) is 0 Å². The van der Waals surface area contributed by atoms with Crippen LogP contribution in [0.4, 0.5) is 0 Å². The van der Waals surface area contributed by atoms with Gasteiger partial charge >= 0.3 is 0 Å². The SMILES string of the molecule is CN=C(OC)C(C)C(=N)c1ccc(O)c(Cl)c1. The van der Waals surface area contributed by atoms with Gasteiger partial charge in [-0.1, -0.05) is 11.6 Å². The summed E-state index contributed by atoms with van der Waals surface area (Å²) in [4.78, 5) is 3.96. The molecule has 0 heterocycles. The van der Waals surface area contributed by atoms with Crippen molar-refractivity contribution in [2.45, 2.75) is 6.92 Å². The number of ether oxygens (including phenoxy) is 1. The summed E-state index contributed by atoms with van der Waals surface area (Å²) in [7, 11) is 3.14. The van der Waals surface area contributed by atoms with Crippen molar-refractivity contribution in [1.82, 2.24) is 0 Å². The van der Waals surface area contributed by atoms with Crippen LogP contribution in [-0.4, -0.2) is 30.9 Å². The second-order valence-electron chi connectivity index (χ2n) is 3.57. The molecule has 5 heteroatoms. The summed E-state index contributed by atoms with van der Waals surface area (Å²) in [6, 6.07) is 4.66. The predicted molar refractivity (Wildman–Crippen MR) is 69.5 cm³/mol. The van der Waals surface area contributed by atoms with Gasteiger partial charge in [-0.15, -0.1) is 0 Å². The minimum Gasteiger partial charge on any atom is -0.506 e. The molecule has 0 spiro atoms. The lowest BCUT2D eigenvalue weighted by Gasteiger charge is -2.14. The number of phenolic OH excluding ortho intramolecular Hbond substituents is 1. The lowest BCUT2D eigenvalue weighted by Crippen LogP contribution is -2.22. The highest BCUT2D eigenvalue weighted by molar-refractivity contribution is 6.32. The Morgan fingerprint density at radius 2 is 2.18 bits per heavy atom. The van der Waals surface area contributed by atoms with Gasteiger partial charge in [-0.3, -0.25) is 4.99 Å². The maximum Gasteiger partial charge on any atom is 0.191 e. The molecule has 0 bridgehead atoms. The van der Waals surface area contributed by atoms with Crippen LogP contribution in [0.1, 0.15) is 12.5 Å². The van der Waals surface area contributed by atoms with Crippen LogP contribution < -0.4 is 0 Å². The number of nitrogens with one attached hydrogen (secondary N) is 1. The van der Waals surface area contributed by atoms with E-state index in [1.165, 1.54) is 13.2 Å². The molecular weight excluding hydrogens is 240 g/mol. The maximum atomic E-state index is 9.31. The number of phenols is 1. The number of aromatic hydroxyl groups is 1. The number of hydrogen-bond acceptors (Lipinski definition) is 4. The first kappa shape index (κ1) is 13.5. The maximum absolute atomic E-state index is 9.31. The third-order valence-corrected chi connectivity index (χ3v) is 2.79. The number of aliphatic imine (C=N–C) groups is 1. The van der Waals surface area contributed by atoms with E-state index in [0.717, 1.165) is 0 Å². The minimum atomic E-state index is -0.259. The third-order valence-electron chi connectivity index (χ3n) is 2.49. The molecule has 0 amide bonds. The Kier molecular flexibility index (Phi) is 4.52. The standard InChI is InChI=1S/C12H15ClN2O2/c1-7(12(15-2)17-3)11(14)8-4-5-10(16)9(13)6-8/h4-7,14,16H,1-3H3. The summed E-state index contributed by atoms with van der Waals surface area (Å²) < 4.78 is 5.08. The van der Waals surface area contributed by atoms with Crippen LogP contribution >= 0.6 is 11.6 Å². The van der Waals surface area contributed by atoms with Gasteiger partial charge < -0.3 is 15.3 Å². The summed E-state index contributed by atoms with van der Waals surface area (Å²) in [5, 5.41) is 17.6. The van der Waals surface area contributed by atoms with Crippen molar-refractivity contribution >= 4 is 23.2 Å². The molecule has 0 radical (unpaired) electrons. The lowest BCUT2D eigenvalue weighted by molar-refractivity contribution is 0.383. The summed E-state index contributed by atoms with van der Waals surface area (Å²) in [5.74, 6) is 0.233. The van der Waals surface area contributed by atoms with E-state index in [9.17, 15) is 5.11 Å². The first-order valence-electron chi connectivity index (χ1n) is 5.09. The molecule has 1 atom stereocenters. The van der Waals surface area contributed by atoms with Gasteiger partial charge in [-0.05, 0) is 30.7 Å². The summed E-state index contributed by atoms with van der Waals surface area (Å²) >= 11 is 5.80. The summed E-state index contributed by atoms with van der Waals surface area (Å²) in [6.07, 6.45) is 0. The Hall–Kier alpha value is -1.55. The van der Waals surface area contributed by atoms with Crippen molar-refractivity contribution in [2.24, 2.45) is 10.9 Å². The van der Waals surface area contributed by atoms with Crippen molar-refractivity contribution in [3.8, 4) is 5.75 Å². The Labute approximate surface area is 105 Å². The molecule has 1 aromatic carbocycles. The highest BCUT2D eigenvalue weighted by atomic mass is 35.5. The van der Waals surface area contributed by atoms with Crippen molar-refractivity contribution in [3.05, 3.63) is 28.8 Å². The van der Waals surface area contributed by atoms with E-state index in [1.54, 1.807) is 19.2 Å². The van der Waals surface area contributed by atoms with E-state index in [4.69, 9.17) is 21.7 Å². The topological polar surface area (TPSA) is 65.7 Å². The molecule has 0 fully saturated rings. The van der Waals surface area contributed by atoms with E-state index >= 15 is 0 Å². The van der Waals surface area contributed by atoms with E-state index in [0.29, 0.717) is 17.2 Å². The van der Waals surface area contributed by atoms with Gasteiger partial charge in [0.15, 0.2) is 5.90 Å². The van der Waals surface area contributed by atoms with Crippen molar-refractivity contribution < 1.29 is 9.84 Å². The molecule has 1 rings (SSSR count). The molecule has 4 nitrogen and oxygen atoms in total. The fourth-order valence-corrected chi connectivity index (χ4v) is 1.69. The molecule has 92 valence electrons. The third kappa shape index (κ3) is 2.97. The van der Waals surface area contributed by atoms with Crippen molar-refractivity contribution in [3.63, 3.8) is 0 Å². The van der Waals surface area contributed by atoms with Gasteiger partial charge in [0, 0.05) is 7.05 Å². The zero-order valence-corrected chi connectivity index (χ0v) is 10.7. The second kappa shape index (κ2) is 5.68. The second-order valence-corrected chi connectivity index (χ2v) is 3.97. The van der Waals surface area contributed by atoms with E-state index in [-0.39, 0.29) is 16.7 Å². The van der Waals surface area contributed by atoms with Gasteiger partial charge in [-0.25, -0.2) is 0 Å². The zero-order chi connectivity index (χ0) is 13.0. The fourth-order valence-electron chi connectivity index (χ4n) is 1.51. The predicted octanol–water partition coefficient (Wildman–Crippen LogP) is 2.72. The van der Waals surface area contributed by atoms with Crippen LogP contribution in [0, 0.1) is 11.3 Å². The molecule has 0 aliphatic rings. The molecular formula is C12H15ClN2O2.